The van der Waals surface area contributed by atoms with Gasteiger partial charge < -0.3 is 14.8 Å². The number of hydrogen-bond donors (Lipinski definition) is 1. The lowest BCUT2D eigenvalue weighted by Crippen LogP contribution is -2.31. The zero-order valence-corrected chi connectivity index (χ0v) is 17.8. The summed E-state index contributed by atoms with van der Waals surface area (Å²) in [5, 5.41) is 3.87. The zero-order chi connectivity index (χ0) is 21.4. The van der Waals surface area contributed by atoms with E-state index in [1.54, 1.807) is 18.3 Å². The van der Waals surface area contributed by atoms with E-state index in [9.17, 15) is 4.39 Å². The van der Waals surface area contributed by atoms with Gasteiger partial charge in [-0.1, -0.05) is 36.4 Å². The van der Waals surface area contributed by atoms with Crippen LogP contribution < -0.4 is 10.2 Å². The van der Waals surface area contributed by atoms with Crippen molar-refractivity contribution in [1.29, 1.82) is 0 Å². The molecule has 6 heteroatoms. The van der Waals surface area contributed by atoms with E-state index in [1.165, 1.54) is 6.07 Å². The molecule has 0 amide bonds. The second kappa shape index (κ2) is 7.96. The van der Waals surface area contributed by atoms with Crippen LogP contribution in [0.25, 0.3) is 5.69 Å². The monoisotopic (exact) mass is 428 g/mol. The molecular weight excluding hydrogens is 407 g/mol. The van der Waals surface area contributed by atoms with Crippen LogP contribution in [0.15, 0.2) is 91.1 Å². The number of thiocarbonyl (C=S) groups is 1. The molecule has 5 rings (SSSR count). The molecule has 3 heterocycles. The van der Waals surface area contributed by atoms with E-state index in [0.29, 0.717) is 10.8 Å². The van der Waals surface area contributed by atoms with Gasteiger partial charge in [-0.2, -0.15) is 0 Å². The Balaban J connectivity index is 1.72. The molecule has 0 aliphatic carbocycles. The summed E-state index contributed by atoms with van der Waals surface area (Å²) in [7, 11) is 0. The molecule has 2 aromatic heterocycles. The van der Waals surface area contributed by atoms with E-state index in [-0.39, 0.29) is 17.9 Å². The van der Waals surface area contributed by atoms with Crippen molar-refractivity contribution in [3.8, 4) is 5.69 Å². The highest BCUT2D eigenvalue weighted by molar-refractivity contribution is 7.80. The number of benzene rings is 2. The molecule has 2 atom stereocenters. The van der Waals surface area contributed by atoms with E-state index >= 15 is 0 Å². The Morgan fingerprint density at radius 2 is 1.65 bits per heavy atom. The molecule has 1 aliphatic heterocycles. The maximum absolute atomic E-state index is 14.9. The number of para-hydroxylation sites is 2. The maximum Gasteiger partial charge on any atom is 0.174 e. The third kappa shape index (κ3) is 3.39. The Bertz CT molecular complexity index is 1220. The molecule has 154 valence electrons. The van der Waals surface area contributed by atoms with Crippen LogP contribution in [-0.4, -0.2) is 14.7 Å². The molecule has 31 heavy (non-hydrogen) atoms. The smallest absolute Gasteiger partial charge is 0.174 e. The number of halogens is 1. The van der Waals surface area contributed by atoms with Gasteiger partial charge in [0, 0.05) is 23.3 Å². The number of aryl methyl sites for hydroxylation is 1. The van der Waals surface area contributed by atoms with E-state index < -0.39 is 0 Å². The van der Waals surface area contributed by atoms with Crippen molar-refractivity contribution in [3.05, 3.63) is 114 Å². The molecule has 0 unspecified atom stereocenters. The van der Waals surface area contributed by atoms with Crippen LogP contribution >= 0.6 is 12.2 Å². The standard InChI is InChI=1S/C25H21FN4S/c1-17-14-15-22(29(17)18-9-3-2-4-10-18)24-23(20-12-7-8-16-27-20)28-25(31)30(24)21-13-6-5-11-19(21)26/h2-16,23-24H,1H3,(H,28,31)/t23-,24-/m1/s1. The maximum atomic E-state index is 14.9. The first-order chi connectivity index (χ1) is 15.1. The topological polar surface area (TPSA) is 33.1 Å². The lowest BCUT2D eigenvalue weighted by Gasteiger charge is -2.29. The summed E-state index contributed by atoms with van der Waals surface area (Å²) in [6.45, 7) is 2.07. The van der Waals surface area contributed by atoms with Gasteiger partial charge in [-0.05, 0) is 67.7 Å². The first-order valence-electron chi connectivity index (χ1n) is 10.1. The molecule has 4 aromatic rings. The van der Waals surface area contributed by atoms with Gasteiger partial charge in [-0.15, -0.1) is 0 Å². The summed E-state index contributed by atoms with van der Waals surface area (Å²) >= 11 is 5.71. The third-order valence-corrected chi connectivity index (χ3v) is 5.95. The van der Waals surface area contributed by atoms with Crippen LogP contribution in [0, 0.1) is 12.7 Å². The molecule has 1 fully saturated rings. The summed E-state index contributed by atoms with van der Waals surface area (Å²) in [4.78, 5) is 6.45. The predicted octanol–water partition coefficient (Wildman–Crippen LogP) is 5.50. The van der Waals surface area contributed by atoms with Gasteiger partial charge in [0.15, 0.2) is 5.11 Å². The van der Waals surface area contributed by atoms with Crippen LogP contribution in [0.5, 0.6) is 0 Å². The highest BCUT2D eigenvalue weighted by atomic mass is 32.1. The van der Waals surface area contributed by atoms with E-state index in [2.05, 4.69) is 46.1 Å². The molecule has 1 N–H and O–H groups in total. The largest absolute Gasteiger partial charge is 0.351 e. The Morgan fingerprint density at radius 3 is 2.39 bits per heavy atom. The molecule has 0 bridgehead atoms. The van der Waals surface area contributed by atoms with Crippen molar-refractivity contribution >= 4 is 23.0 Å². The average Bonchev–Trinajstić information content (AvgIpc) is 3.35. The van der Waals surface area contributed by atoms with Crippen molar-refractivity contribution in [1.82, 2.24) is 14.9 Å². The van der Waals surface area contributed by atoms with Crippen molar-refractivity contribution in [2.75, 3.05) is 4.90 Å². The number of nitrogens with one attached hydrogen (secondary N) is 1. The molecule has 4 nitrogen and oxygen atoms in total. The lowest BCUT2D eigenvalue weighted by molar-refractivity contribution is 0.540. The minimum atomic E-state index is -0.312. The minimum absolute atomic E-state index is 0.231. The predicted molar refractivity (Wildman–Crippen MR) is 125 cm³/mol. The van der Waals surface area contributed by atoms with Crippen molar-refractivity contribution in [2.24, 2.45) is 0 Å². The van der Waals surface area contributed by atoms with Crippen molar-refractivity contribution in [2.45, 2.75) is 19.0 Å². The summed E-state index contributed by atoms with van der Waals surface area (Å²) in [6.07, 6.45) is 1.77. The SMILES string of the molecule is Cc1ccc([C@@H]2[C@@H](c3ccccn3)NC(=S)N2c2ccccc2F)n1-c1ccccc1. The van der Waals surface area contributed by atoms with Gasteiger partial charge in [-0.25, -0.2) is 4.39 Å². The average molecular weight is 429 g/mol. The molecule has 1 aliphatic rings. The van der Waals surface area contributed by atoms with Crippen LogP contribution in [0.3, 0.4) is 0 Å². The summed E-state index contributed by atoms with van der Waals surface area (Å²) in [5.74, 6) is -0.312. The van der Waals surface area contributed by atoms with E-state index in [1.807, 2.05) is 47.4 Å². The van der Waals surface area contributed by atoms with Crippen molar-refractivity contribution in [3.63, 3.8) is 0 Å². The van der Waals surface area contributed by atoms with Crippen molar-refractivity contribution < 1.29 is 4.39 Å². The summed E-state index contributed by atoms with van der Waals surface area (Å²) in [6, 6.07) is 26.4. The Morgan fingerprint density at radius 1 is 0.903 bits per heavy atom. The van der Waals surface area contributed by atoms with Crippen LogP contribution in [0.1, 0.15) is 29.2 Å². The van der Waals surface area contributed by atoms with Gasteiger partial charge in [0.25, 0.3) is 0 Å². The normalized spacial score (nSPS) is 18.3. The number of rotatable bonds is 4. The fourth-order valence-corrected chi connectivity index (χ4v) is 4.62. The molecule has 0 radical (unpaired) electrons. The Hall–Kier alpha value is -3.51. The van der Waals surface area contributed by atoms with E-state index in [0.717, 1.165) is 22.8 Å². The molecule has 0 spiro atoms. The lowest BCUT2D eigenvalue weighted by atomic mass is 10.0. The molecule has 1 saturated heterocycles. The second-order valence-corrected chi connectivity index (χ2v) is 7.91. The molecular formula is C25H21FN4S. The fraction of sp³-hybridized carbons (Fsp3) is 0.120. The highest BCUT2D eigenvalue weighted by Gasteiger charge is 2.43. The molecule has 2 aromatic carbocycles. The first kappa shape index (κ1) is 19.5. The fourth-order valence-electron chi connectivity index (χ4n) is 4.28. The number of aromatic nitrogens is 2. The quantitative estimate of drug-likeness (QED) is 0.435. The summed E-state index contributed by atoms with van der Waals surface area (Å²) in [5.41, 5.74) is 4.45. The zero-order valence-electron chi connectivity index (χ0n) is 16.9. The highest BCUT2D eigenvalue weighted by Crippen LogP contribution is 2.43. The van der Waals surface area contributed by atoms with Gasteiger partial charge in [-0.3, -0.25) is 4.98 Å². The van der Waals surface area contributed by atoms with Gasteiger partial charge >= 0.3 is 0 Å². The van der Waals surface area contributed by atoms with Gasteiger partial charge in [0.05, 0.1) is 17.4 Å². The number of nitrogens with zero attached hydrogens (tertiary/aromatic N) is 3. The second-order valence-electron chi connectivity index (χ2n) is 7.52. The molecule has 0 saturated carbocycles. The Kier molecular flexibility index (Phi) is 5.00. The summed E-state index contributed by atoms with van der Waals surface area (Å²) < 4.78 is 17.1. The number of anilines is 1. The van der Waals surface area contributed by atoms with Crippen LogP contribution in [0.2, 0.25) is 0 Å². The number of pyridine rings is 1. The Labute approximate surface area is 186 Å². The van der Waals surface area contributed by atoms with E-state index in [4.69, 9.17) is 12.2 Å². The van der Waals surface area contributed by atoms with Gasteiger partial charge in [0.1, 0.15) is 11.9 Å². The van der Waals surface area contributed by atoms with Gasteiger partial charge in [0.2, 0.25) is 0 Å². The minimum Gasteiger partial charge on any atom is -0.351 e. The number of hydrogen-bond acceptors (Lipinski definition) is 2. The third-order valence-electron chi connectivity index (χ3n) is 5.63. The van der Waals surface area contributed by atoms with Crippen LogP contribution in [0.4, 0.5) is 10.1 Å². The van der Waals surface area contributed by atoms with Crippen LogP contribution in [-0.2, 0) is 0 Å². The first-order valence-corrected chi connectivity index (χ1v) is 10.5.